The van der Waals surface area contributed by atoms with Gasteiger partial charge >= 0.3 is 0 Å². The van der Waals surface area contributed by atoms with Crippen molar-refractivity contribution in [2.24, 2.45) is 14.1 Å². The van der Waals surface area contributed by atoms with Crippen LogP contribution in [0.1, 0.15) is 0 Å². The maximum Gasteiger partial charge on any atom is 0.141 e. The Hall–Kier alpha value is -2.76. The van der Waals surface area contributed by atoms with Crippen LogP contribution < -0.4 is 0 Å². The SMILES string of the molecule is Cn1cc2cc(-c3nc4n(C)cccc-4c3Sc3ccc(Cl)cc3)ccc2n1. The maximum atomic E-state index is 6.06. The van der Waals surface area contributed by atoms with E-state index < -0.39 is 0 Å². The second-order valence-corrected chi connectivity index (χ2v) is 8.30. The smallest absolute Gasteiger partial charge is 0.141 e. The average molecular weight is 405 g/mol. The number of rotatable bonds is 3. The highest BCUT2D eigenvalue weighted by Crippen LogP contribution is 2.44. The van der Waals surface area contributed by atoms with Crippen molar-refractivity contribution >= 4 is 34.3 Å². The number of benzene rings is 2. The van der Waals surface area contributed by atoms with Crippen molar-refractivity contribution < 1.29 is 0 Å². The van der Waals surface area contributed by atoms with Crippen molar-refractivity contribution in [3.8, 4) is 22.6 Å². The van der Waals surface area contributed by atoms with Crippen molar-refractivity contribution in [2.45, 2.75) is 9.79 Å². The lowest BCUT2D eigenvalue weighted by atomic mass is 10.1. The molecule has 3 aromatic rings. The van der Waals surface area contributed by atoms with Crippen LogP contribution in [0.15, 0.2) is 76.8 Å². The summed E-state index contributed by atoms with van der Waals surface area (Å²) in [5, 5.41) is 6.33. The third-order valence-corrected chi connectivity index (χ3v) is 6.13. The van der Waals surface area contributed by atoms with Crippen molar-refractivity contribution in [3.63, 3.8) is 0 Å². The van der Waals surface area contributed by atoms with Gasteiger partial charge in [0.05, 0.1) is 11.2 Å². The third-order valence-electron chi connectivity index (χ3n) is 4.75. The standard InChI is InChI=1S/C22H17ClN4S/c1-26-11-3-4-18-21(28-17-8-6-16(23)7-9-17)20(24-22(18)26)14-5-10-19-15(12-14)13-27(2)25-19/h3-13H,1-2H3. The van der Waals surface area contributed by atoms with E-state index in [0.717, 1.165) is 48.4 Å². The topological polar surface area (TPSA) is 35.6 Å². The van der Waals surface area contributed by atoms with Crippen molar-refractivity contribution in [3.05, 3.63) is 72.0 Å². The van der Waals surface area contributed by atoms with E-state index in [-0.39, 0.29) is 0 Å². The molecule has 6 heteroatoms. The molecular formula is C22H17ClN4S. The first-order chi connectivity index (χ1) is 13.6. The fourth-order valence-corrected chi connectivity index (χ4v) is 4.58. The number of aromatic nitrogens is 4. The molecule has 0 amide bonds. The van der Waals surface area contributed by atoms with Gasteiger partial charge < -0.3 is 4.57 Å². The summed E-state index contributed by atoms with van der Waals surface area (Å²) in [6.45, 7) is 0. The quantitative estimate of drug-likeness (QED) is 0.376. The highest BCUT2D eigenvalue weighted by molar-refractivity contribution is 7.99. The van der Waals surface area contributed by atoms with Gasteiger partial charge in [0.15, 0.2) is 0 Å². The summed E-state index contributed by atoms with van der Waals surface area (Å²) in [6.07, 6.45) is 4.06. The Balaban J connectivity index is 1.70. The number of hydrogen-bond acceptors (Lipinski definition) is 3. The fraction of sp³-hybridized carbons (Fsp3) is 0.0909. The van der Waals surface area contributed by atoms with Crippen LogP contribution in [0.2, 0.25) is 5.02 Å². The fourth-order valence-electron chi connectivity index (χ4n) is 3.42. The normalized spacial score (nSPS) is 11.5. The number of fused-ring (bicyclic) bond motifs is 2. The summed E-state index contributed by atoms with van der Waals surface area (Å²) in [5.74, 6) is 0.972. The zero-order chi connectivity index (χ0) is 19.3. The van der Waals surface area contributed by atoms with E-state index in [4.69, 9.17) is 16.6 Å². The minimum absolute atomic E-state index is 0.739. The van der Waals surface area contributed by atoms with Crippen molar-refractivity contribution in [2.75, 3.05) is 0 Å². The molecule has 138 valence electrons. The Morgan fingerprint density at radius 1 is 1.00 bits per heavy atom. The van der Waals surface area contributed by atoms with Crippen LogP contribution in [0, 0.1) is 0 Å². The molecule has 0 atom stereocenters. The van der Waals surface area contributed by atoms with Crippen molar-refractivity contribution in [1.82, 2.24) is 19.3 Å². The Bertz CT molecular complexity index is 1270. The Labute approximate surface area is 172 Å². The molecule has 5 rings (SSSR count). The zero-order valence-corrected chi connectivity index (χ0v) is 17.0. The second kappa shape index (κ2) is 6.69. The highest BCUT2D eigenvalue weighted by atomic mass is 35.5. The molecule has 4 nitrogen and oxygen atoms in total. The molecule has 0 radical (unpaired) electrons. The number of halogens is 1. The summed E-state index contributed by atoms with van der Waals surface area (Å²) >= 11 is 7.78. The van der Waals surface area contributed by atoms with Crippen LogP contribution in [0.4, 0.5) is 0 Å². The number of hydrogen-bond donors (Lipinski definition) is 0. The van der Waals surface area contributed by atoms with Crippen LogP contribution in [0.5, 0.6) is 0 Å². The highest BCUT2D eigenvalue weighted by Gasteiger charge is 2.22. The van der Waals surface area contributed by atoms with E-state index in [1.165, 1.54) is 0 Å². The molecule has 0 aliphatic carbocycles. The van der Waals surface area contributed by atoms with E-state index in [9.17, 15) is 0 Å². The van der Waals surface area contributed by atoms with Gasteiger partial charge in [0.2, 0.25) is 0 Å². The van der Waals surface area contributed by atoms with Gasteiger partial charge in [-0.15, -0.1) is 0 Å². The van der Waals surface area contributed by atoms with E-state index in [1.807, 2.05) is 55.4 Å². The van der Waals surface area contributed by atoms with Crippen LogP contribution >= 0.6 is 23.4 Å². The molecule has 0 bridgehead atoms. The summed E-state index contributed by atoms with van der Waals surface area (Å²) in [5.41, 5.74) is 4.21. The van der Waals surface area contributed by atoms with Crippen LogP contribution in [0.25, 0.3) is 33.5 Å². The molecule has 3 heterocycles. The van der Waals surface area contributed by atoms with Gasteiger partial charge in [0.25, 0.3) is 0 Å². The van der Waals surface area contributed by atoms with E-state index in [1.54, 1.807) is 11.8 Å². The molecule has 2 aromatic carbocycles. The first-order valence-electron chi connectivity index (χ1n) is 8.91. The largest absolute Gasteiger partial charge is 0.336 e. The lowest BCUT2D eigenvalue weighted by molar-refractivity contribution is 0.780. The first-order valence-corrected chi connectivity index (χ1v) is 10.1. The number of nitrogens with zero attached hydrogens (tertiary/aromatic N) is 4. The molecule has 1 aromatic heterocycles. The van der Waals surface area contributed by atoms with E-state index in [2.05, 4.69) is 40.0 Å². The predicted molar refractivity (Wildman–Crippen MR) is 115 cm³/mol. The maximum absolute atomic E-state index is 6.06. The first kappa shape index (κ1) is 17.3. The number of aryl methyl sites for hydroxylation is 2. The molecule has 28 heavy (non-hydrogen) atoms. The molecular weight excluding hydrogens is 388 g/mol. The van der Waals surface area contributed by atoms with Crippen LogP contribution in [-0.2, 0) is 14.1 Å². The van der Waals surface area contributed by atoms with Gasteiger partial charge in [-0.3, -0.25) is 4.68 Å². The lowest BCUT2D eigenvalue weighted by Gasteiger charge is -2.07. The minimum Gasteiger partial charge on any atom is -0.336 e. The summed E-state index contributed by atoms with van der Waals surface area (Å²) in [4.78, 5) is 7.28. The Kier molecular flexibility index (Phi) is 4.14. The Morgan fingerprint density at radius 2 is 1.82 bits per heavy atom. The molecule has 0 spiro atoms. The zero-order valence-electron chi connectivity index (χ0n) is 15.4. The molecule has 0 fully saturated rings. The van der Waals surface area contributed by atoms with Gasteiger partial charge in [-0.2, -0.15) is 5.10 Å². The van der Waals surface area contributed by atoms with Crippen LogP contribution in [-0.4, -0.2) is 19.3 Å². The molecule has 0 N–H and O–H groups in total. The second-order valence-electron chi connectivity index (χ2n) is 6.78. The number of pyridine rings is 1. The third kappa shape index (κ3) is 2.97. The lowest BCUT2D eigenvalue weighted by Crippen LogP contribution is -1.95. The average Bonchev–Trinajstić information content (AvgIpc) is 3.23. The van der Waals surface area contributed by atoms with Gasteiger partial charge in [0.1, 0.15) is 5.82 Å². The summed E-state index contributed by atoms with van der Waals surface area (Å²) in [7, 11) is 3.97. The van der Waals surface area contributed by atoms with Gasteiger partial charge in [-0.1, -0.05) is 29.4 Å². The monoisotopic (exact) mass is 404 g/mol. The summed E-state index contributed by atoms with van der Waals surface area (Å²) < 4.78 is 3.90. The molecule has 0 saturated carbocycles. The molecule has 0 saturated heterocycles. The van der Waals surface area contributed by atoms with Crippen LogP contribution in [0.3, 0.4) is 0 Å². The summed E-state index contributed by atoms with van der Waals surface area (Å²) in [6, 6.07) is 18.4. The predicted octanol–water partition coefficient (Wildman–Crippen LogP) is 5.88. The van der Waals surface area contributed by atoms with Gasteiger partial charge in [0, 0.05) is 57.8 Å². The molecule has 0 unspecified atom stereocenters. The van der Waals surface area contributed by atoms with Gasteiger partial charge in [-0.25, -0.2) is 4.98 Å². The Morgan fingerprint density at radius 3 is 2.64 bits per heavy atom. The molecule has 2 aliphatic rings. The van der Waals surface area contributed by atoms with E-state index in [0.29, 0.717) is 0 Å². The molecule has 2 aliphatic heterocycles. The van der Waals surface area contributed by atoms with Crippen molar-refractivity contribution in [1.29, 1.82) is 0 Å². The van der Waals surface area contributed by atoms with Gasteiger partial charge in [-0.05, 0) is 48.5 Å². The minimum atomic E-state index is 0.739. The van der Waals surface area contributed by atoms with E-state index >= 15 is 0 Å².